The van der Waals surface area contributed by atoms with Crippen LogP contribution < -0.4 is 61.5 Å². The van der Waals surface area contributed by atoms with Gasteiger partial charge in [-0.2, -0.15) is 0 Å². The van der Waals surface area contributed by atoms with Crippen molar-refractivity contribution in [3.63, 3.8) is 0 Å². The molecule has 0 amide bonds. The Hall–Kier alpha value is -13.8. The Balaban J connectivity index is 1.30. The summed E-state index contributed by atoms with van der Waals surface area (Å²) >= 11 is 24.5. The van der Waals surface area contributed by atoms with Gasteiger partial charge in [0.2, 0.25) is 0 Å². The highest BCUT2D eigenvalue weighted by atomic mass is 32.1. The smallest absolute Gasteiger partial charge is 0.303 e. The Morgan fingerprint density at radius 2 is 0.368 bits per heavy atom. The van der Waals surface area contributed by atoms with Crippen molar-refractivity contribution in [3.8, 4) is 23.0 Å². The Labute approximate surface area is 846 Å². The number of hydrogen-bond donors (Lipinski definition) is 8. The number of fused-ring (bicyclic) bond motifs is 8. The molecule has 48 nitrogen and oxygen atoms in total. The van der Waals surface area contributed by atoms with Crippen LogP contribution >= 0.6 is 48.9 Å². The van der Waals surface area contributed by atoms with Crippen molar-refractivity contribution >= 4 is 188 Å². The monoisotopic (exact) mass is 2100 g/mol. The lowest BCUT2D eigenvalue weighted by molar-refractivity contribution is -0.254. The lowest BCUT2D eigenvalue weighted by Crippen LogP contribution is -2.66. The standard InChI is InChI=1S/C92H112N8O40S4/c1-37(101)121-33-65-73(125-41(5)105)77(129-45(9)109)81(133-49(13)113)85(137-65)97-89(141)93-61-25-53-21-55-27-62(94-90(142)98-86-82(134-50(14)114)78(130-46(10)110)74(126-42(6)106)66(138-86)34-122-38(2)102)29-57(70(55)118-18)23-59-31-64(96-92(144)100-88-84(136-52(16)116)80(132-48(12)112)76(128-44(8)108)68(140-88)36-124-40(4)104)32-60(72(59)120-20)24-58-30-63(28-56(71(58)119-19)22-54(26-61)69(53)117-17)95-91(143)99-87-83(135-51(15)115)79(131-47(11)111)75(127-43(7)107)67(139-87)35-123-39(3)103/h25-32,65-68,73-88H,21-24,33-36H2,1-20H3,(H2,93,97,141)(H2,94,98,142)(H2,95,99,143)(H2,96,100,144). The zero-order chi connectivity index (χ0) is 106. The van der Waals surface area contributed by atoms with Gasteiger partial charge in [-0.3, -0.25) is 76.7 Å². The molecule has 4 aromatic rings. The van der Waals surface area contributed by atoms with Crippen molar-refractivity contribution in [2.24, 2.45) is 0 Å². The summed E-state index contributed by atoms with van der Waals surface area (Å²) in [6, 6.07) is 13.0. The number of nitrogens with one attached hydrogen (secondary N) is 8. The number of carbonyl (C=O) groups excluding carboxylic acids is 16. The van der Waals surface area contributed by atoms with Crippen LogP contribution in [0.4, 0.5) is 22.7 Å². The average molecular weight is 2100 g/mol. The molecule has 20 atom stereocenters. The molecule has 0 spiro atoms. The number of ether oxygens (including phenoxy) is 24. The van der Waals surface area contributed by atoms with Gasteiger partial charge >= 0.3 is 95.5 Å². The van der Waals surface area contributed by atoms with Crippen LogP contribution in [0.1, 0.15) is 155 Å². The molecular weight excluding hydrogens is 1990 g/mol. The number of esters is 16. The second kappa shape index (κ2) is 51.9. The Bertz CT molecular complexity index is 4820. The van der Waals surface area contributed by atoms with E-state index in [1.54, 1.807) is 48.5 Å². The van der Waals surface area contributed by atoms with Gasteiger partial charge in [-0.15, -0.1) is 0 Å². The molecule has 0 radical (unpaired) electrons. The topological polar surface area (TPSA) is 591 Å². The third-order valence-corrected chi connectivity index (χ3v) is 22.3. The number of thiocarbonyl (C=S) groups is 4. The second-order valence-electron chi connectivity index (χ2n) is 32.9. The highest BCUT2D eigenvalue weighted by Gasteiger charge is 2.58. The van der Waals surface area contributed by atoms with E-state index in [4.69, 9.17) is 163 Å². The second-order valence-corrected chi connectivity index (χ2v) is 34.5. The summed E-state index contributed by atoms with van der Waals surface area (Å²) in [5.74, 6) is -13.5. The molecule has 144 heavy (non-hydrogen) atoms. The van der Waals surface area contributed by atoms with Crippen molar-refractivity contribution in [2.45, 2.75) is 259 Å². The molecule has 4 aromatic carbocycles. The van der Waals surface area contributed by atoms with Gasteiger partial charge in [-0.25, -0.2) is 0 Å². The summed E-state index contributed by atoms with van der Waals surface area (Å²) in [6.45, 7) is 14.5. The molecule has 0 saturated carbocycles. The minimum absolute atomic E-state index is 0.152. The van der Waals surface area contributed by atoms with Gasteiger partial charge in [0.15, 0.2) is 119 Å². The molecule has 20 unspecified atom stereocenters. The van der Waals surface area contributed by atoms with Crippen LogP contribution in [0.25, 0.3) is 0 Å². The lowest BCUT2D eigenvalue weighted by atomic mass is 9.90. The zero-order valence-corrected chi connectivity index (χ0v) is 85.1. The van der Waals surface area contributed by atoms with Gasteiger partial charge < -0.3 is 156 Å². The minimum Gasteiger partial charge on any atom is -0.496 e. The molecule has 52 heteroatoms. The van der Waals surface area contributed by atoms with Gasteiger partial charge in [-0.1, -0.05) is 0 Å². The van der Waals surface area contributed by atoms with Gasteiger partial charge in [0.25, 0.3) is 0 Å². The molecule has 9 rings (SSSR count). The largest absolute Gasteiger partial charge is 0.496 e. The first-order valence-electron chi connectivity index (χ1n) is 44.2. The molecule has 4 fully saturated rings. The van der Waals surface area contributed by atoms with E-state index >= 15 is 0 Å². The van der Waals surface area contributed by atoms with E-state index in [0.717, 1.165) is 111 Å². The van der Waals surface area contributed by atoms with E-state index in [2.05, 4.69) is 42.5 Å². The summed E-state index contributed by atoms with van der Waals surface area (Å²) in [7, 11) is 5.54. The van der Waals surface area contributed by atoms with Gasteiger partial charge in [0, 0.05) is 204 Å². The molecule has 0 aromatic heterocycles. The van der Waals surface area contributed by atoms with Crippen LogP contribution in [0.15, 0.2) is 48.5 Å². The molecule has 5 aliphatic rings. The quantitative estimate of drug-likeness (QED) is 0.0172. The summed E-state index contributed by atoms with van der Waals surface area (Å²) in [4.78, 5) is 206. The van der Waals surface area contributed by atoms with E-state index in [-0.39, 0.29) is 91.9 Å². The minimum atomic E-state index is -1.68. The van der Waals surface area contributed by atoms with Crippen molar-refractivity contribution in [1.82, 2.24) is 21.3 Å². The van der Waals surface area contributed by atoms with Crippen LogP contribution in [0.3, 0.4) is 0 Å². The maximum atomic E-state index is 13.2. The van der Waals surface area contributed by atoms with E-state index in [1.807, 2.05) is 0 Å². The van der Waals surface area contributed by atoms with Crippen molar-refractivity contribution < 1.29 is 190 Å². The fraction of sp³-hybridized carbons (Fsp3) is 0.522. The molecule has 8 bridgehead atoms. The third-order valence-electron chi connectivity index (χ3n) is 21.4. The van der Waals surface area contributed by atoms with E-state index < -0.39 is 245 Å². The van der Waals surface area contributed by atoms with Gasteiger partial charge in [0.05, 0.1) is 28.4 Å². The average Bonchev–Trinajstić information content (AvgIpc) is 0.756. The molecule has 4 heterocycles. The zero-order valence-electron chi connectivity index (χ0n) is 81.8. The first-order chi connectivity index (χ1) is 67.9. The Morgan fingerprint density at radius 3 is 0.500 bits per heavy atom. The summed E-state index contributed by atoms with van der Waals surface area (Å²) in [6.07, 6.45) is -32.9. The van der Waals surface area contributed by atoms with Crippen molar-refractivity contribution in [2.75, 3.05) is 76.1 Å². The Kier molecular flexibility index (Phi) is 41.0. The molecule has 1 aliphatic carbocycles. The van der Waals surface area contributed by atoms with Crippen LogP contribution in [0.2, 0.25) is 0 Å². The number of benzene rings is 4. The molecule has 8 N–H and O–H groups in total. The van der Waals surface area contributed by atoms with Crippen LogP contribution in [-0.4, -0.2) is 293 Å². The number of hydrogen-bond acceptors (Lipinski definition) is 44. The maximum absolute atomic E-state index is 13.2. The van der Waals surface area contributed by atoms with Crippen LogP contribution in [0.5, 0.6) is 23.0 Å². The normalized spacial score (nSPS) is 23.9. The molecule has 784 valence electrons. The van der Waals surface area contributed by atoms with Gasteiger partial charge in [-0.05, 0) is 97.4 Å². The number of anilines is 4. The number of rotatable bonds is 32. The van der Waals surface area contributed by atoms with Crippen molar-refractivity contribution in [3.05, 3.63) is 93.0 Å². The van der Waals surface area contributed by atoms with E-state index in [1.165, 1.54) is 28.4 Å². The number of carbonyl (C=O) groups is 16. The Morgan fingerprint density at radius 1 is 0.229 bits per heavy atom. The fourth-order valence-corrected chi connectivity index (χ4v) is 17.7. The van der Waals surface area contributed by atoms with Gasteiger partial charge in [0.1, 0.15) is 73.8 Å². The summed E-state index contributed by atoms with van der Waals surface area (Å²) in [5.41, 5.74) is 3.10. The molecular formula is C92H112N8O40S4. The first-order valence-corrected chi connectivity index (χ1v) is 45.9. The molecule has 4 saturated heterocycles. The highest BCUT2D eigenvalue weighted by molar-refractivity contribution is 7.81. The van der Waals surface area contributed by atoms with E-state index in [9.17, 15) is 76.7 Å². The van der Waals surface area contributed by atoms with Crippen molar-refractivity contribution in [1.29, 1.82) is 0 Å². The molecule has 4 aliphatic heterocycles. The maximum Gasteiger partial charge on any atom is 0.303 e. The van der Waals surface area contributed by atoms with E-state index in [0.29, 0.717) is 44.5 Å². The lowest BCUT2D eigenvalue weighted by Gasteiger charge is -2.44. The third kappa shape index (κ3) is 32.1. The first kappa shape index (κ1) is 114. The highest BCUT2D eigenvalue weighted by Crippen LogP contribution is 2.45. The summed E-state index contributed by atoms with van der Waals surface area (Å²) in [5, 5.41) is 23.5. The number of methoxy groups -OCH3 is 4. The predicted molar refractivity (Wildman–Crippen MR) is 508 cm³/mol. The fourth-order valence-electron chi connectivity index (χ4n) is 16.8. The van der Waals surface area contributed by atoms with Crippen LogP contribution in [0, 0.1) is 0 Å². The summed E-state index contributed by atoms with van der Waals surface area (Å²) < 4.78 is 142. The SMILES string of the molecule is COc1c2cc(NC(=S)NC3OC(COC(C)=O)C(OC(C)=O)C(OC(C)=O)C3OC(C)=O)cc1Cc1cc(NC(=S)NC3OC(COC(C)=O)C(OC(C)=O)C(OC(C)=O)C3OC(C)=O)cc(c1OC)Cc1cc(NC(=S)NC3OC(COC(C)=O)C(OC(C)=O)C(OC(C)=O)C3OC(C)=O)cc(c1OC)Cc1cc(NC(=S)NC3OC(COC(C)=O)C(OC(C)=O)C(OC(C)=O)C3OC(C)=O)cc(c1OC)C2. The van der Waals surface area contributed by atoms with Crippen LogP contribution in [-0.2, 0) is 197 Å². The predicted octanol–water partition coefficient (Wildman–Crippen LogP) is 3.88.